The van der Waals surface area contributed by atoms with Gasteiger partial charge in [0.15, 0.2) is 0 Å². The van der Waals surface area contributed by atoms with Gasteiger partial charge in [-0.05, 0) is 15.9 Å². The molecule has 0 N–H and O–H groups in total. The maximum atomic E-state index is 5.20. The molecule has 0 atom stereocenters. The van der Waals surface area contributed by atoms with Crippen molar-refractivity contribution in [2.24, 2.45) is 0 Å². The summed E-state index contributed by atoms with van der Waals surface area (Å²) < 4.78 is 6.05. The number of rotatable bonds is 1. The smallest absolute Gasteiger partial charge is 0.145 e. The minimum absolute atomic E-state index is 0.804. The van der Waals surface area contributed by atoms with E-state index in [0.717, 1.165) is 21.1 Å². The van der Waals surface area contributed by atoms with Crippen LogP contribution in [-0.4, -0.2) is 12.1 Å². The number of aromatic nitrogens is 1. The summed E-state index contributed by atoms with van der Waals surface area (Å²) in [6.45, 7) is 0. The molecule has 0 saturated heterocycles. The predicted molar refractivity (Wildman–Crippen MR) is 56.0 cm³/mol. The van der Waals surface area contributed by atoms with Gasteiger partial charge in [-0.25, -0.2) is 4.98 Å². The Bertz CT molecular complexity index is 442. The van der Waals surface area contributed by atoms with E-state index in [1.54, 1.807) is 13.3 Å². The summed E-state index contributed by atoms with van der Waals surface area (Å²) in [5.41, 5.74) is 0. The van der Waals surface area contributed by atoms with Crippen molar-refractivity contribution in [3.05, 3.63) is 35.1 Å². The Kier molecular flexibility index (Phi) is 2.19. The van der Waals surface area contributed by atoms with Crippen LogP contribution in [-0.2, 0) is 0 Å². The number of pyridine rings is 1. The third-order valence-electron chi connectivity index (χ3n) is 1.93. The van der Waals surface area contributed by atoms with Crippen LogP contribution in [0.15, 0.2) is 35.1 Å². The zero-order chi connectivity index (χ0) is 9.26. The number of nitrogens with zero attached hydrogens (tertiary/aromatic N) is 1. The van der Waals surface area contributed by atoms with Crippen LogP contribution in [0.25, 0.3) is 10.8 Å². The van der Waals surface area contributed by atoms with Gasteiger partial charge in [0.25, 0.3) is 0 Å². The van der Waals surface area contributed by atoms with E-state index in [4.69, 9.17) is 4.74 Å². The molecule has 0 bridgehead atoms. The van der Waals surface area contributed by atoms with Crippen molar-refractivity contribution in [1.82, 2.24) is 4.98 Å². The fraction of sp³-hybridized carbons (Fsp3) is 0.100. The fourth-order valence-corrected chi connectivity index (χ4v) is 1.74. The van der Waals surface area contributed by atoms with E-state index in [9.17, 15) is 0 Å². The monoisotopic (exact) mass is 237 g/mol. The summed E-state index contributed by atoms with van der Waals surface area (Å²) in [5, 5.41) is 2.15. The van der Waals surface area contributed by atoms with E-state index >= 15 is 0 Å². The molecule has 0 unspecified atom stereocenters. The Hall–Kier alpha value is -1.09. The van der Waals surface area contributed by atoms with Crippen molar-refractivity contribution in [1.29, 1.82) is 0 Å². The van der Waals surface area contributed by atoms with Crippen molar-refractivity contribution < 1.29 is 4.74 Å². The number of benzene rings is 1. The van der Waals surface area contributed by atoms with Crippen LogP contribution in [0.1, 0.15) is 0 Å². The predicted octanol–water partition coefficient (Wildman–Crippen LogP) is 3.01. The number of hydrogen-bond acceptors (Lipinski definition) is 2. The van der Waals surface area contributed by atoms with Gasteiger partial charge in [-0.3, -0.25) is 0 Å². The molecule has 1 aromatic carbocycles. The highest BCUT2D eigenvalue weighted by atomic mass is 79.9. The first kappa shape index (κ1) is 8.51. The summed E-state index contributed by atoms with van der Waals surface area (Å²) in [6.07, 6.45) is 1.71. The molecule has 0 radical (unpaired) electrons. The van der Waals surface area contributed by atoms with Gasteiger partial charge >= 0.3 is 0 Å². The molecule has 0 amide bonds. The van der Waals surface area contributed by atoms with E-state index in [1.165, 1.54) is 0 Å². The Labute approximate surface area is 84.7 Å². The van der Waals surface area contributed by atoms with Gasteiger partial charge in [-0.2, -0.15) is 0 Å². The highest BCUT2D eigenvalue weighted by Gasteiger charge is 2.03. The molecule has 2 nitrogen and oxygen atoms in total. The first-order valence-corrected chi connectivity index (χ1v) is 4.69. The van der Waals surface area contributed by atoms with Crippen molar-refractivity contribution in [3.63, 3.8) is 0 Å². The largest absolute Gasteiger partial charge is 0.494 e. The number of ether oxygens (including phenoxy) is 1. The van der Waals surface area contributed by atoms with Crippen molar-refractivity contribution >= 4 is 26.7 Å². The highest BCUT2D eigenvalue weighted by molar-refractivity contribution is 9.10. The average molecular weight is 238 g/mol. The van der Waals surface area contributed by atoms with E-state index in [1.807, 2.05) is 24.3 Å². The van der Waals surface area contributed by atoms with Gasteiger partial charge in [-0.1, -0.05) is 24.3 Å². The molecule has 0 aliphatic carbocycles. The molecule has 2 aromatic rings. The maximum Gasteiger partial charge on any atom is 0.145 e. The third-order valence-corrected chi connectivity index (χ3v) is 2.56. The second-order valence-electron chi connectivity index (χ2n) is 2.66. The summed E-state index contributed by atoms with van der Waals surface area (Å²) in [4.78, 5) is 4.17. The molecule has 0 fully saturated rings. The second kappa shape index (κ2) is 3.34. The van der Waals surface area contributed by atoms with Crippen LogP contribution < -0.4 is 4.74 Å². The standard InChI is InChI=1S/C10H8BrNO/c1-13-9-6-12-10(11)8-5-3-2-4-7(8)9/h2-6H,1H3. The van der Waals surface area contributed by atoms with Crippen LogP contribution in [0.2, 0.25) is 0 Å². The van der Waals surface area contributed by atoms with E-state index in [-0.39, 0.29) is 0 Å². The molecular formula is C10H8BrNO. The summed E-state index contributed by atoms with van der Waals surface area (Å²) >= 11 is 3.39. The molecular weight excluding hydrogens is 230 g/mol. The molecule has 1 aromatic heterocycles. The quantitative estimate of drug-likeness (QED) is 0.712. The number of halogens is 1. The number of fused-ring (bicyclic) bond motifs is 1. The molecule has 2 rings (SSSR count). The molecule has 66 valence electrons. The molecule has 13 heavy (non-hydrogen) atoms. The van der Waals surface area contributed by atoms with Crippen LogP contribution in [0.4, 0.5) is 0 Å². The number of methoxy groups -OCH3 is 1. The first-order valence-electron chi connectivity index (χ1n) is 3.90. The maximum absolute atomic E-state index is 5.20. The Balaban J connectivity index is 2.84. The van der Waals surface area contributed by atoms with Crippen molar-refractivity contribution in [2.45, 2.75) is 0 Å². The van der Waals surface area contributed by atoms with E-state index in [0.29, 0.717) is 0 Å². The molecule has 0 aliphatic heterocycles. The average Bonchev–Trinajstić information content (AvgIpc) is 2.19. The summed E-state index contributed by atoms with van der Waals surface area (Å²) in [7, 11) is 1.65. The van der Waals surface area contributed by atoms with Gasteiger partial charge in [0.05, 0.1) is 13.3 Å². The zero-order valence-electron chi connectivity index (χ0n) is 7.12. The Morgan fingerprint density at radius 1 is 1.23 bits per heavy atom. The second-order valence-corrected chi connectivity index (χ2v) is 3.41. The van der Waals surface area contributed by atoms with Gasteiger partial charge < -0.3 is 4.74 Å². The Morgan fingerprint density at radius 3 is 2.62 bits per heavy atom. The lowest BCUT2D eigenvalue weighted by Gasteiger charge is -2.05. The summed E-state index contributed by atoms with van der Waals surface area (Å²) in [6, 6.07) is 7.99. The molecule has 0 spiro atoms. The van der Waals surface area contributed by atoms with Crippen LogP contribution in [0.5, 0.6) is 5.75 Å². The molecule has 0 saturated carbocycles. The lowest BCUT2D eigenvalue weighted by Crippen LogP contribution is -1.87. The fourth-order valence-electron chi connectivity index (χ4n) is 1.29. The Morgan fingerprint density at radius 2 is 1.92 bits per heavy atom. The zero-order valence-corrected chi connectivity index (χ0v) is 8.71. The third kappa shape index (κ3) is 1.40. The minimum atomic E-state index is 0.804. The topological polar surface area (TPSA) is 22.1 Å². The van der Waals surface area contributed by atoms with Gasteiger partial charge in [0.1, 0.15) is 10.4 Å². The number of hydrogen-bond donors (Lipinski definition) is 0. The van der Waals surface area contributed by atoms with Gasteiger partial charge in [0, 0.05) is 10.8 Å². The van der Waals surface area contributed by atoms with Crippen LogP contribution in [0, 0.1) is 0 Å². The summed E-state index contributed by atoms with van der Waals surface area (Å²) in [5.74, 6) is 0.804. The van der Waals surface area contributed by atoms with Gasteiger partial charge in [0.2, 0.25) is 0 Å². The van der Waals surface area contributed by atoms with Gasteiger partial charge in [-0.15, -0.1) is 0 Å². The van der Waals surface area contributed by atoms with Crippen LogP contribution in [0.3, 0.4) is 0 Å². The lowest BCUT2D eigenvalue weighted by molar-refractivity contribution is 0.418. The molecule has 0 aliphatic rings. The van der Waals surface area contributed by atoms with E-state index in [2.05, 4.69) is 20.9 Å². The highest BCUT2D eigenvalue weighted by Crippen LogP contribution is 2.28. The minimum Gasteiger partial charge on any atom is -0.494 e. The van der Waals surface area contributed by atoms with Crippen molar-refractivity contribution in [3.8, 4) is 5.75 Å². The lowest BCUT2D eigenvalue weighted by atomic mass is 10.2. The van der Waals surface area contributed by atoms with Crippen LogP contribution >= 0.6 is 15.9 Å². The first-order chi connectivity index (χ1) is 6.33. The molecule has 3 heteroatoms. The SMILES string of the molecule is COc1cnc(Br)c2ccccc12. The normalized spacial score (nSPS) is 10.3. The van der Waals surface area contributed by atoms with E-state index < -0.39 is 0 Å². The molecule has 1 heterocycles. The van der Waals surface area contributed by atoms with Crippen molar-refractivity contribution in [2.75, 3.05) is 7.11 Å².